The molecule has 138 valence electrons. The number of para-hydroxylation sites is 2. The second kappa shape index (κ2) is 7.86. The summed E-state index contributed by atoms with van der Waals surface area (Å²) in [5.41, 5.74) is 5.12. The number of nitrogens with zero attached hydrogens (tertiary/aromatic N) is 1. The lowest BCUT2D eigenvalue weighted by atomic mass is 10.1. The molecule has 0 atom stereocenters. The normalized spacial score (nSPS) is 11.1. The molecule has 0 fully saturated rings. The summed E-state index contributed by atoms with van der Waals surface area (Å²) in [6.45, 7) is 5.47. The van der Waals surface area contributed by atoms with Gasteiger partial charge in [-0.15, -0.1) is 0 Å². The van der Waals surface area contributed by atoms with Crippen LogP contribution in [0.2, 0.25) is 0 Å². The van der Waals surface area contributed by atoms with E-state index in [9.17, 15) is 9.59 Å². The SMILES string of the molecule is Cc1cc(C)c(NC(=O)COC(=O)/C=C/c2nc3ccccc3o2)c(C)c1. The van der Waals surface area contributed by atoms with Crippen LogP contribution in [0.5, 0.6) is 0 Å². The molecule has 3 rings (SSSR count). The molecule has 6 nitrogen and oxygen atoms in total. The second-order valence-electron chi connectivity index (χ2n) is 6.28. The summed E-state index contributed by atoms with van der Waals surface area (Å²) in [7, 11) is 0. The predicted octanol–water partition coefficient (Wildman–Crippen LogP) is 3.95. The third-order valence-corrected chi connectivity index (χ3v) is 3.96. The van der Waals surface area contributed by atoms with E-state index >= 15 is 0 Å². The summed E-state index contributed by atoms with van der Waals surface area (Å²) in [4.78, 5) is 28.1. The Morgan fingerprint density at radius 1 is 1.15 bits per heavy atom. The highest BCUT2D eigenvalue weighted by Gasteiger charge is 2.10. The summed E-state index contributed by atoms with van der Waals surface area (Å²) in [6.07, 6.45) is 2.59. The number of amides is 1. The zero-order chi connectivity index (χ0) is 19.4. The molecule has 1 N–H and O–H groups in total. The van der Waals surface area contributed by atoms with E-state index in [1.165, 1.54) is 12.2 Å². The first-order valence-corrected chi connectivity index (χ1v) is 8.50. The van der Waals surface area contributed by atoms with Gasteiger partial charge in [-0.25, -0.2) is 9.78 Å². The zero-order valence-corrected chi connectivity index (χ0v) is 15.4. The molecule has 1 aromatic heterocycles. The van der Waals surface area contributed by atoms with E-state index in [1.54, 1.807) is 6.07 Å². The van der Waals surface area contributed by atoms with Gasteiger partial charge in [0.05, 0.1) is 0 Å². The van der Waals surface area contributed by atoms with Crippen molar-refractivity contribution in [3.8, 4) is 0 Å². The van der Waals surface area contributed by atoms with Crippen LogP contribution >= 0.6 is 0 Å². The van der Waals surface area contributed by atoms with Crippen molar-refractivity contribution >= 4 is 34.7 Å². The minimum atomic E-state index is -0.648. The molecule has 0 unspecified atom stereocenters. The number of benzene rings is 2. The third kappa shape index (κ3) is 4.61. The Hall–Kier alpha value is -3.41. The van der Waals surface area contributed by atoms with Crippen LogP contribution in [0.25, 0.3) is 17.2 Å². The average molecular weight is 364 g/mol. The van der Waals surface area contributed by atoms with Gasteiger partial charge in [-0.1, -0.05) is 29.8 Å². The van der Waals surface area contributed by atoms with Gasteiger partial charge in [0.25, 0.3) is 5.91 Å². The lowest BCUT2D eigenvalue weighted by molar-refractivity contribution is -0.142. The zero-order valence-electron chi connectivity index (χ0n) is 15.4. The van der Waals surface area contributed by atoms with E-state index in [4.69, 9.17) is 9.15 Å². The van der Waals surface area contributed by atoms with Crippen LogP contribution < -0.4 is 5.32 Å². The summed E-state index contributed by atoms with van der Waals surface area (Å²) in [5, 5.41) is 2.78. The van der Waals surface area contributed by atoms with Gasteiger partial charge in [-0.05, 0) is 44.0 Å². The van der Waals surface area contributed by atoms with Crippen molar-refractivity contribution in [2.75, 3.05) is 11.9 Å². The maximum absolute atomic E-state index is 12.1. The number of anilines is 1. The number of rotatable bonds is 5. The first kappa shape index (κ1) is 18.4. The molecule has 0 saturated heterocycles. The molecule has 0 aliphatic carbocycles. The number of aryl methyl sites for hydroxylation is 3. The summed E-state index contributed by atoms with van der Waals surface area (Å²) in [6, 6.07) is 11.3. The van der Waals surface area contributed by atoms with E-state index < -0.39 is 11.9 Å². The van der Waals surface area contributed by atoms with Crippen LogP contribution in [-0.4, -0.2) is 23.5 Å². The Bertz CT molecular complexity index is 978. The van der Waals surface area contributed by atoms with Crippen LogP contribution in [0.1, 0.15) is 22.6 Å². The molecule has 1 heterocycles. The number of nitrogens with one attached hydrogen (secondary N) is 1. The lowest BCUT2D eigenvalue weighted by Gasteiger charge is -2.12. The van der Waals surface area contributed by atoms with Gasteiger partial charge >= 0.3 is 5.97 Å². The van der Waals surface area contributed by atoms with Gasteiger partial charge in [0.1, 0.15) is 5.52 Å². The second-order valence-corrected chi connectivity index (χ2v) is 6.28. The monoisotopic (exact) mass is 364 g/mol. The van der Waals surface area contributed by atoms with Crippen LogP contribution in [-0.2, 0) is 14.3 Å². The van der Waals surface area contributed by atoms with Crippen LogP contribution in [0.15, 0.2) is 46.9 Å². The van der Waals surface area contributed by atoms with Crippen LogP contribution in [0, 0.1) is 20.8 Å². The van der Waals surface area contributed by atoms with Crippen molar-refractivity contribution in [1.29, 1.82) is 0 Å². The number of carbonyl (C=O) groups excluding carboxylic acids is 2. The molecule has 0 aliphatic heterocycles. The Labute approximate surface area is 156 Å². The molecule has 0 bridgehead atoms. The standard InChI is InChI=1S/C21H20N2O4/c1-13-10-14(2)21(15(3)11-13)23-18(24)12-26-20(25)9-8-19-22-16-6-4-5-7-17(16)27-19/h4-11H,12H2,1-3H3,(H,23,24)/b9-8+. The first-order valence-electron chi connectivity index (χ1n) is 8.50. The van der Waals surface area contributed by atoms with Gasteiger partial charge < -0.3 is 14.5 Å². The Kier molecular flexibility index (Phi) is 5.35. The van der Waals surface area contributed by atoms with Gasteiger partial charge in [0, 0.05) is 17.8 Å². The molecule has 0 spiro atoms. The molecule has 1 amide bonds. The smallest absolute Gasteiger partial charge is 0.331 e. The van der Waals surface area contributed by atoms with E-state index in [0.29, 0.717) is 17.0 Å². The van der Waals surface area contributed by atoms with Crippen molar-refractivity contribution in [3.63, 3.8) is 0 Å². The molecule has 0 aliphatic rings. The third-order valence-electron chi connectivity index (χ3n) is 3.96. The first-order chi connectivity index (χ1) is 12.9. The molecular weight excluding hydrogens is 344 g/mol. The number of aromatic nitrogens is 1. The number of oxazole rings is 1. The van der Waals surface area contributed by atoms with E-state index in [0.717, 1.165) is 22.4 Å². The van der Waals surface area contributed by atoms with Crippen molar-refractivity contribution in [2.24, 2.45) is 0 Å². The summed E-state index contributed by atoms with van der Waals surface area (Å²) in [5.74, 6) is -0.748. The fraction of sp³-hybridized carbons (Fsp3) is 0.190. The Morgan fingerprint density at radius 3 is 2.56 bits per heavy atom. The number of fused-ring (bicyclic) bond motifs is 1. The molecule has 6 heteroatoms. The van der Waals surface area contributed by atoms with Gasteiger partial charge in [-0.2, -0.15) is 0 Å². The van der Waals surface area contributed by atoms with Gasteiger partial charge in [0.2, 0.25) is 5.89 Å². The van der Waals surface area contributed by atoms with Crippen molar-refractivity contribution in [1.82, 2.24) is 4.98 Å². The maximum atomic E-state index is 12.1. The van der Waals surface area contributed by atoms with Crippen molar-refractivity contribution in [2.45, 2.75) is 20.8 Å². The maximum Gasteiger partial charge on any atom is 0.331 e. The van der Waals surface area contributed by atoms with E-state index in [1.807, 2.05) is 51.1 Å². The van der Waals surface area contributed by atoms with Crippen molar-refractivity contribution < 1.29 is 18.7 Å². The molecule has 0 saturated carbocycles. The number of hydrogen-bond acceptors (Lipinski definition) is 5. The molecule has 3 aromatic rings. The predicted molar refractivity (Wildman–Crippen MR) is 103 cm³/mol. The lowest BCUT2D eigenvalue weighted by Crippen LogP contribution is -2.21. The average Bonchev–Trinajstić information content (AvgIpc) is 3.04. The number of hydrogen-bond donors (Lipinski definition) is 1. The van der Waals surface area contributed by atoms with E-state index in [2.05, 4.69) is 10.3 Å². The highest BCUT2D eigenvalue weighted by Crippen LogP contribution is 2.21. The summed E-state index contributed by atoms with van der Waals surface area (Å²) >= 11 is 0. The van der Waals surface area contributed by atoms with Gasteiger partial charge in [0.15, 0.2) is 12.2 Å². The minimum Gasteiger partial charge on any atom is -0.452 e. The van der Waals surface area contributed by atoms with Crippen molar-refractivity contribution in [3.05, 3.63) is 65.1 Å². The highest BCUT2D eigenvalue weighted by atomic mass is 16.5. The molecular formula is C21H20N2O4. The number of esters is 1. The van der Waals surface area contributed by atoms with Crippen LogP contribution in [0.4, 0.5) is 5.69 Å². The minimum absolute atomic E-state index is 0.295. The Morgan fingerprint density at radius 2 is 1.85 bits per heavy atom. The quantitative estimate of drug-likeness (QED) is 0.548. The number of ether oxygens (including phenoxy) is 1. The molecule has 27 heavy (non-hydrogen) atoms. The molecule has 2 aromatic carbocycles. The fourth-order valence-corrected chi connectivity index (χ4v) is 2.84. The fourth-order valence-electron chi connectivity index (χ4n) is 2.84. The molecule has 0 radical (unpaired) electrons. The van der Waals surface area contributed by atoms with E-state index in [-0.39, 0.29) is 6.61 Å². The topological polar surface area (TPSA) is 81.4 Å². The Balaban J connectivity index is 1.55. The van der Waals surface area contributed by atoms with Crippen LogP contribution in [0.3, 0.4) is 0 Å². The summed E-state index contributed by atoms with van der Waals surface area (Å²) < 4.78 is 10.4. The van der Waals surface area contributed by atoms with Gasteiger partial charge in [-0.3, -0.25) is 4.79 Å². The number of carbonyl (C=O) groups is 2. The largest absolute Gasteiger partial charge is 0.452 e. The highest BCUT2D eigenvalue weighted by molar-refractivity contribution is 5.95.